The van der Waals surface area contributed by atoms with Gasteiger partial charge in [0.2, 0.25) is 5.91 Å². The van der Waals surface area contributed by atoms with Gasteiger partial charge in [-0.15, -0.1) is 0 Å². The lowest BCUT2D eigenvalue weighted by atomic mass is 10.1. The van der Waals surface area contributed by atoms with Gasteiger partial charge in [0.05, 0.1) is 6.54 Å². The molecule has 0 saturated heterocycles. The first-order valence-electron chi connectivity index (χ1n) is 9.54. The highest BCUT2D eigenvalue weighted by molar-refractivity contribution is 5.94. The van der Waals surface area contributed by atoms with Crippen LogP contribution in [-0.2, 0) is 25.5 Å². The topological polar surface area (TPSA) is 100 Å². The number of para-hydroxylation sites is 1. The molecule has 8 heteroatoms. The molecule has 0 bridgehead atoms. The van der Waals surface area contributed by atoms with Crippen molar-refractivity contribution in [2.75, 3.05) is 18.5 Å². The second-order valence-corrected chi connectivity index (χ2v) is 6.71. The minimum absolute atomic E-state index is 0.192. The number of aromatic amines is 1. The van der Waals surface area contributed by atoms with Gasteiger partial charge in [0.15, 0.2) is 6.61 Å². The number of carbonyl (C=O) groups excluding carboxylic acids is 3. The lowest BCUT2D eigenvalue weighted by Crippen LogP contribution is -2.35. The summed E-state index contributed by atoms with van der Waals surface area (Å²) < 4.78 is 17.8. The number of hydrogen-bond acceptors (Lipinski definition) is 4. The average molecular weight is 411 g/mol. The Morgan fingerprint density at radius 3 is 2.57 bits per heavy atom. The van der Waals surface area contributed by atoms with Crippen molar-refractivity contribution < 1.29 is 23.5 Å². The van der Waals surface area contributed by atoms with Crippen LogP contribution >= 0.6 is 0 Å². The fraction of sp³-hybridized carbons (Fsp3) is 0.227. The molecule has 0 radical (unpaired) electrons. The Balaban J connectivity index is 1.30. The van der Waals surface area contributed by atoms with Crippen molar-refractivity contribution >= 4 is 34.4 Å². The zero-order valence-electron chi connectivity index (χ0n) is 16.2. The van der Waals surface area contributed by atoms with Gasteiger partial charge >= 0.3 is 5.97 Å². The maximum Gasteiger partial charge on any atom is 0.306 e. The van der Waals surface area contributed by atoms with E-state index in [-0.39, 0.29) is 13.0 Å². The SMILES string of the molecule is O=C(COC(=O)CCCc1c[nH]c2ccccc12)NCC(=O)Nc1ccc(F)cc1. The van der Waals surface area contributed by atoms with E-state index in [1.807, 2.05) is 30.5 Å². The van der Waals surface area contributed by atoms with E-state index in [2.05, 4.69) is 15.6 Å². The van der Waals surface area contributed by atoms with Crippen LogP contribution in [-0.4, -0.2) is 35.9 Å². The number of aryl methyl sites for hydroxylation is 1. The third kappa shape index (κ3) is 6.16. The Labute approximate surface area is 172 Å². The predicted molar refractivity (Wildman–Crippen MR) is 110 cm³/mol. The lowest BCUT2D eigenvalue weighted by molar-refractivity contribution is -0.148. The minimum Gasteiger partial charge on any atom is -0.456 e. The summed E-state index contributed by atoms with van der Waals surface area (Å²) >= 11 is 0. The van der Waals surface area contributed by atoms with E-state index in [4.69, 9.17) is 4.74 Å². The third-order valence-electron chi connectivity index (χ3n) is 4.44. The molecule has 156 valence electrons. The molecule has 0 fully saturated rings. The van der Waals surface area contributed by atoms with E-state index in [9.17, 15) is 18.8 Å². The number of fused-ring (bicyclic) bond motifs is 1. The van der Waals surface area contributed by atoms with Crippen LogP contribution in [0, 0.1) is 5.82 Å². The molecule has 1 aromatic heterocycles. The Morgan fingerprint density at radius 2 is 1.77 bits per heavy atom. The molecule has 30 heavy (non-hydrogen) atoms. The number of nitrogens with one attached hydrogen (secondary N) is 3. The Bertz CT molecular complexity index is 1030. The number of carbonyl (C=O) groups is 3. The molecule has 0 spiro atoms. The summed E-state index contributed by atoms with van der Waals surface area (Å²) in [5.74, 6) is -1.93. The van der Waals surface area contributed by atoms with E-state index in [1.54, 1.807) is 0 Å². The molecule has 0 aliphatic carbocycles. The van der Waals surface area contributed by atoms with E-state index >= 15 is 0 Å². The standard InChI is InChI=1S/C22H22FN3O4/c23-16-8-10-17(11-9-16)26-20(27)13-25-21(28)14-30-22(29)7-3-4-15-12-24-19-6-2-1-5-18(15)19/h1-2,5-6,8-12,24H,3-4,7,13-14H2,(H,25,28)(H,26,27). The summed E-state index contributed by atoms with van der Waals surface area (Å²) in [5, 5.41) is 6.00. The van der Waals surface area contributed by atoms with Gasteiger partial charge in [-0.2, -0.15) is 0 Å². The van der Waals surface area contributed by atoms with Crippen LogP contribution in [0.4, 0.5) is 10.1 Å². The van der Waals surface area contributed by atoms with Crippen molar-refractivity contribution in [3.63, 3.8) is 0 Å². The zero-order valence-corrected chi connectivity index (χ0v) is 16.2. The largest absolute Gasteiger partial charge is 0.456 e. The van der Waals surface area contributed by atoms with Crippen LogP contribution in [0.1, 0.15) is 18.4 Å². The molecule has 0 saturated carbocycles. The summed E-state index contributed by atoms with van der Waals surface area (Å²) in [4.78, 5) is 38.5. The number of aromatic nitrogens is 1. The molecule has 3 rings (SSSR count). The first kappa shape index (κ1) is 21.0. The normalized spacial score (nSPS) is 10.6. The quantitative estimate of drug-likeness (QED) is 0.471. The third-order valence-corrected chi connectivity index (χ3v) is 4.44. The second kappa shape index (κ2) is 10.2. The van der Waals surface area contributed by atoms with Gasteiger partial charge < -0.3 is 20.4 Å². The average Bonchev–Trinajstić information content (AvgIpc) is 3.15. The van der Waals surface area contributed by atoms with Gasteiger partial charge in [0.25, 0.3) is 5.91 Å². The van der Waals surface area contributed by atoms with Gasteiger partial charge in [0, 0.05) is 29.2 Å². The molecule has 2 amide bonds. The maximum absolute atomic E-state index is 12.8. The van der Waals surface area contributed by atoms with Gasteiger partial charge in [-0.05, 0) is 48.7 Å². The molecule has 0 unspecified atom stereocenters. The highest BCUT2D eigenvalue weighted by Gasteiger charge is 2.10. The van der Waals surface area contributed by atoms with Crippen LogP contribution < -0.4 is 10.6 Å². The number of esters is 1. The second-order valence-electron chi connectivity index (χ2n) is 6.71. The van der Waals surface area contributed by atoms with Crippen molar-refractivity contribution in [3.05, 3.63) is 66.1 Å². The molecular formula is C22H22FN3O4. The van der Waals surface area contributed by atoms with Crippen molar-refractivity contribution in [3.8, 4) is 0 Å². The van der Waals surface area contributed by atoms with Crippen LogP contribution in [0.25, 0.3) is 10.9 Å². The molecule has 0 aliphatic heterocycles. The van der Waals surface area contributed by atoms with E-state index in [1.165, 1.54) is 24.3 Å². The van der Waals surface area contributed by atoms with Crippen molar-refractivity contribution in [2.45, 2.75) is 19.3 Å². The van der Waals surface area contributed by atoms with Crippen LogP contribution in [0.5, 0.6) is 0 Å². The highest BCUT2D eigenvalue weighted by atomic mass is 19.1. The van der Waals surface area contributed by atoms with Crippen molar-refractivity contribution in [1.82, 2.24) is 10.3 Å². The molecule has 7 nitrogen and oxygen atoms in total. The summed E-state index contributed by atoms with van der Waals surface area (Å²) in [7, 11) is 0. The highest BCUT2D eigenvalue weighted by Crippen LogP contribution is 2.19. The number of amides is 2. The smallest absolute Gasteiger partial charge is 0.306 e. The monoisotopic (exact) mass is 411 g/mol. The number of ether oxygens (including phenoxy) is 1. The fourth-order valence-electron chi connectivity index (χ4n) is 2.95. The number of H-pyrrole nitrogens is 1. The molecule has 0 atom stereocenters. The van der Waals surface area contributed by atoms with Crippen LogP contribution in [0.3, 0.4) is 0 Å². The first-order valence-corrected chi connectivity index (χ1v) is 9.54. The molecule has 0 aliphatic rings. The van der Waals surface area contributed by atoms with Crippen LogP contribution in [0.15, 0.2) is 54.7 Å². The molecule has 3 aromatic rings. The summed E-state index contributed by atoms with van der Waals surface area (Å²) in [6.07, 6.45) is 3.44. The molecule has 1 heterocycles. The molecule has 3 N–H and O–H groups in total. The fourth-order valence-corrected chi connectivity index (χ4v) is 2.95. The number of rotatable bonds is 9. The summed E-state index contributed by atoms with van der Waals surface area (Å²) in [6, 6.07) is 13.2. The molecular weight excluding hydrogens is 389 g/mol. The number of anilines is 1. The van der Waals surface area contributed by atoms with Crippen molar-refractivity contribution in [1.29, 1.82) is 0 Å². The minimum atomic E-state index is -0.575. The Hall–Kier alpha value is -3.68. The first-order chi connectivity index (χ1) is 14.5. The number of halogens is 1. The number of hydrogen-bond donors (Lipinski definition) is 3. The van der Waals surface area contributed by atoms with Crippen molar-refractivity contribution in [2.24, 2.45) is 0 Å². The Kier molecular flexibility index (Phi) is 7.15. The van der Waals surface area contributed by atoms with Crippen LogP contribution in [0.2, 0.25) is 0 Å². The summed E-state index contributed by atoms with van der Waals surface area (Å²) in [6.45, 7) is -0.732. The van der Waals surface area contributed by atoms with E-state index in [0.717, 1.165) is 22.9 Å². The van der Waals surface area contributed by atoms with E-state index in [0.29, 0.717) is 12.1 Å². The Morgan fingerprint density at radius 1 is 1.00 bits per heavy atom. The maximum atomic E-state index is 12.8. The summed E-state index contributed by atoms with van der Waals surface area (Å²) in [5.41, 5.74) is 2.59. The van der Waals surface area contributed by atoms with Gasteiger partial charge in [0.1, 0.15) is 5.82 Å². The lowest BCUT2D eigenvalue weighted by Gasteiger charge is -2.08. The predicted octanol–water partition coefficient (Wildman–Crippen LogP) is 2.93. The van der Waals surface area contributed by atoms with Gasteiger partial charge in [-0.1, -0.05) is 18.2 Å². The van der Waals surface area contributed by atoms with E-state index < -0.39 is 30.2 Å². The molecule has 2 aromatic carbocycles. The van der Waals surface area contributed by atoms with Gasteiger partial charge in [-0.3, -0.25) is 14.4 Å². The zero-order chi connectivity index (χ0) is 21.3. The van der Waals surface area contributed by atoms with Gasteiger partial charge in [-0.25, -0.2) is 4.39 Å². The number of benzene rings is 2.